The molecule has 1 rings (SSSR count). The van der Waals surface area contributed by atoms with E-state index in [0.29, 0.717) is 6.61 Å². The van der Waals surface area contributed by atoms with Crippen LogP contribution in [0.25, 0.3) is 0 Å². The predicted octanol–water partition coefficient (Wildman–Crippen LogP) is 2.23. The largest absolute Gasteiger partial charge is 0.347 e. The second-order valence-corrected chi connectivity index (χ2v) is 3.92. The lowest BCUT2D eigenvalue weighted by atomic mass is 10.2. The number of hydrogen-bond donors (Lipinski definition) is 0. The van der Waals surface area contributed by atoms with Gasteiger partial charge in [-0.3, -0.25) is 4.79 Å². The van der Waals surface area contributed by atoms with Crippen molar-refractivity contribution < 1.29 is 14.3 Å². The van der Waals surface area contributed by atoms with Gasteiger partial charge >= 0.3 is 0 Å². The van der Waals surface area contributed by atoms with Crippen molar-refractivity contribution in [2.24, 2.45) is 0 Å². The lowest BCUT2D eigenvalue weighted by Gasteiger charge is -2.15. The van der Waals surface area contributed by atoms with Crippen molar-refractivity contribution in [1.29, 1.82) is 0 Å². The van der Waals surface area contributed by atoms with E-state index in [0.717, 1.165) is 6.42 Å². The fourth-order valence-electron chi connectivity index (χ4n) is 1.30. The van der Waals surface area contributed by atoms with Crippen molar-refractivity contribution in [3.05, 3.63) is 24.3 Å². The molecule has 0 saturated carbocycles. The number of ketones is 1. The fraction of sp³-hybridized carbons (Fsp3) is 0.583. The Morgan fingerprint density at radius 1 is 1.47 bits per heavy atom. The van der Waals surface area contributed by atoms with E-state index in [9.17, 15) is 4.79 Å². The molecule has 0 aromatic carbocycles. The number of hydrogen-bond acceptors (Lipinski definition) is 3. The van der Waals surface area contributed by atoms with Crippen LogP contribution in [0.4, 0.5) is 0 Å². The summed E-state index contributed by atoms with van der Waals surface area (Å²) in [5.41, 5.74) is 0. The Hall–Kier alpha value is -0.930. The fourth-order valence-corrected chi connectivity index (χ4v) is 1.30. The zero-order valence-electron chi connectivity index (χ0n) is 9.53. The van der Waals surface area contributed by atoms with Gasteiger partial charge in [-0.15, -0.1) is 0 Å². The maximum atomic E-state index is 11.6. The molecule has 84 valence electrons. The highest BCUT2D eigenvalue weighted by atomic mass is 16.7. The average Bonchev–Trinajstić information content (AvgIpc) is 2.53. The van der Waals surface area contributed by atoms with Gasteiger partial charge in [-0.05, 0) is 26.3 Å². The first-order valence-corrected chi connectivity index (χ1v) is 5.24. The Balaban J connectivity index is 2.42. The molecule has 3 nitrogen and oxygen atoms in total. The SMILES string of the molecule is CC/C=C/C=C/C(=O)C1COC(C)(C)O1. The van der Waals surface area contributed by atoms with Gasteiger partial charge in [0.25, 0.3) is 0 Å². The molecule has 1 heterocycles. The van der Waals surface area contributed by atoms with Gasteiger partial charge in [0.2, 0.25) is 0 Å². The van der Waals surface area contributed by atoms with Gasteiger partial charge < -0.3 is 9.47 Å². The average molecular weight is 210 g/mol. The second kappa shape index (κ2) is 5.24. The highest BCUT2D eigenvalue weighted by Gasteiger charge is 2.35. The first kappa shape index (κ1) is 12.1. The summed E-state index contributed by atoms with van der Waals surface area (Å²) < 4.78 is 10.7. The maximum Gasteiger partial charge on any atom is 0.186 e. The highest BCUT2D eigenvalue weighted by Crippen LogP contribution is 2.22. The van der Waals surface area contributed by atoms with Gasteiger partial charge in [0.05, 0.1) is 6.61 Å². The van der Waals surface area contributed by atoms with E-state index in [-0.39, 0.29) is 5.78 Å². The molecule has 0 aromatic heterocycles. The quantitative estimate of drug-likeness (QED) is 0.527. The smallest absolute Gasteiger partial charge is 0.186 e. The Kier molecular flexibility index (Phi) is 4.24. The van der Waals surface area contributed by atoms with Crippen LogP contribution in [-0.4, -0.2) is 24.3 Å². The van der Waals surface area contributed by atoms with Crippen molar-refractivity contribution in [2.45, 2.75) is 39.1 Å². The van der Waals surface area contributed by atoms with E-state index in [2.05, 4.69) is 0 Å². The summed E-state index contributed by atoms with van der Waals surface area (Å²) in [6.07, 6.45) is 7.63. The highest BCUT2D eigenvalue weighted by molar-refractivity contribution is 5.94. The molecule has 1 fully saturated rings. The zero-order chi connectivity index (χ0) is 11.3. The maximum absolute atomic E-state index is 11.6. The predicted molar refractivity (Wildman–Crippen MR) is 58.5 cm³/mol. The van der Waals surface area contributed by atoms with Gasteiger partial charge in [-0.2, -0.15) is 0 Å². The van der Waals surface area contributed by atoms with E-state index >= 15 is 0 Å². The molecule has 1 unspecified atom stereocenters. The molecule has 0 amide bonds. The van der Waals surface area contributed by atoms with E-state index in [4.69, 9.17) is 9.47 Å². The van der Waals surface area contributed by atoms with Crippen LogP contribution in [0.1, 0.15) is 27.2 Å². The van der Waals surface area contributed by atoms with Crippen LogP contribution in [0.2, 0.25) is 0 Å². The van der Waals surface area contributed by atoms with Crippen LogP contribution in [0.15, 0.2) is 24.3 Å². The first-order valence-electron chi connectivity index (χ1n) is 5.24. The van der Waals surface area contributed by atoms with Crippen LogP contribution in [0.5, 0.6) is 0 Å². The van der Waals surface area contributed by atoms with Crippen molar-refractivity contribution >= 4 is 5.78 Å². The Bertz CT molecular complexity index is 277. The van der Waals surface area contributed by atoms with E-state index in [1.807, 2.05) is 19.1 Å². The molecule has 1 atom stereocenters. The summed E-state index contributed by atoms with van der Waals surface area (Å²) in [6, 6.07) is 0. The molecule has 1 saturated heterocycles. The summed E-state index contributed by atoms with van der Waals surface area (Å²) in [4.78, 5) is 11.6. The summed E-state index contributed by atoms with van der Waals surface area (Å²) in [6.45, 7) is 6.00. The summed E-state index contributed by atoms with van der Waals surface area (Å²) in [7, 11) is 0. The normalized spacial score (nSPS) is 25.4. The molecule has 1 aliphatic heterocycles. The molecule has 15 heavy (non-hydrogen) atoms. The number of ether oxygens (including phenoxy) is 2. The standard InChI is InChI=1S/C12H18O3/c1-4-5-6-7-8-10(13)11-9-14-12(2,3)15-11/h5-8,11H,4,9H2,1-3H3/b6-5+,8-7+. The van der Waals surface area contributed by atoms with Crippen molar-refractivity contribution in [1.82, 2.24) is 0 Å². The topological polar surface area (TPSA) is 35.5 Å². The molecule has 0 bridgehead atoms. The van der Waals surface area contributed by atoms with E-state index in [1.54, 1.807) is 19.9 Å². The van der Waals surface area contributed by atoms with Crippen molar-refractivity contribution in [3.63, 3.8) is 0 Å². The molecule has 1 aliphatic rings. The third-order valence-corrected chi connectivity index (χ3v) is 2.07. The lowest BCUT2D eigenvalue weighted by molar-refractivity contribution is -0.149. The van der Waals surface area contributed by atoms with Gasteiger partial charge in [-0.1, -0.05) is 25.2 Å². The summed E-state index contributed by atoms with van der Waals surface area (Å²) in [5.74, 6) is -0.672. The van der Waals surface area contributed by atoms with Crippen LogP contribution in [0, 0.1) is 0 Å². The van der Waals surface area contributed by atoms with Crippen LogP contribution >= 0.6 is 0 Å². The molecule has 3 heteroatoms. The van der Waals surface area contributed by atoms with Gasteiger partial charge in [0.15, 0.2) is 11.6 Å². The molecule has 0 aliphatic carbocycles. The molecule has 0 radical (unpaired) electrons. The Morgan fingerprint density at radius 2 is 2.20 bits per heavy atom. The molecular formula is C12H18O3. The minimum Gasteiger partial charge on any atom is -0.347 e. The van der Waals surface area contributed by atoms with Crippen LogP contribution in [-0.2, 0) is 14.3 Å². The lowest BCUT2D eigenvalue weighted by Crippen LogP contribution is -2.25. The van der Waals surface area contributed by atoms with E-state index in [1.165, 1.54) is 6.08 Å². The minimum absolute atomic E-state index is 0.0404. The summed E-state index contributed by atoms with van der Waals surface area (Å²) >= 11 is 0. The van der Waals surface area contributed by atoms with Crippen LogP contribution < -0.4 is 0 Å². The molecule has 0 aromatic rings. The van der Waals surface area contributed by atoms with Gasteiger partial charge in [0, 0.05) is 0 Å². The number of carbonyl (C=O) groups is 1. The third-order valence-electron chi connectivity index (χ3n) is 2.07. The molecule has 0 spiro atoms. The van der Waals surface area contributed by atoms with Crippen molar-refractivity contribution in [3.8, 4) is 0 Å². The Morgan fingerprint density at radius 3 is 2.73 bits per heavy atom. The number of allylic oxidation sites excluding steroid dienone is 3. The Labute approximate surface area is 90.8 Å². The van der Waals surface area contributed by atoms with Crippen molar-refractivity contribution in [2.75, 3.05) is 6.61 Å². The second-order valence-electron chi connectivity index (χ2n) is 3.92. The van der Waals surface area contributed by atoms with Crippen LogP contribution in [0.3, 0.4) is 0 Å². The number of carbonyl (C=O) groups excluding carboxylic acids is 1. The monoisotopic (exact) mass is 210 g/mol. The first-order chi connectivity index (χ1) is 7.05. The molecular weight excluding hydrogens is 192 g/mol. The molecule has 0 N–H and O–H groups in total. The van der Waals surface area contributed by atoms with Gasteiger partial charge in [-0.25, -0.2) is 0 Å². The zero-order valence-corrected chi connectivity index (χ0v) is 9.53. The minimum atomic E-state index is -0.632. The third kappa shape index (κ3) is 3.98. The number of rotatable bonds is 4. The summed E-state index contributed by atoms with van der Waals surface area (Å²) in [5, 5.41) is 0. The van der Waals surface area contributed by atoms with Gasteiger partial charge in [0.1, 0.15) is 6.10 Å². The van der Waals surface area contributed by atoms with E-state index < -0.39 is 11.9 Å².